The van der Waals surface area contributed by atoms with E-state index < -0.39 is 0 Å². The molecule has 0 aliphatic rings. The molecule has 0 spiro atoms. The standard InChI is InChI=1S/C14H22N2/c1-5-6-16-14(7-11(2)3)13-8-12(4)9-15-10-13/h7-10,14,16H,5-6H2,1-4H3. The Hall–Kier alpha value is -1.15. The molecule has 0 saturated carbocycles. The number of hydrogen-bond donors (Lipinski definition) is 1. The molecular formula is C14H22N2. The number of allylic oxidation sites excluding steroid dienone is 1. The predicted molar refractivity (Wildman–Crippen MR) is 69.4 cm³/mol. The van der Waals surface area contributed by atoms with Crippen LogP contribution in [0.25, 0.3) is 0 Å². The average Bonchev–Trinajstić information content (AvgIpc) is 2.23. The van der Waals surface area contributed by atoms with Gasteiger partial charge >= 0.3 is 0 Å². The maximum Gasteiger partial charge on any atom is 0.0524 e. The largest absolute Gasteiger partial charge is 0.307 e. The molecule has 1 aromatic heterocycles. The van der Waals surface area contributed by atoms with Crippen molar-refractivity contribution in [1.29, 1.82) is 0 Å². The lowest BCUT2D eigenvalue weighted by molar-refractivity contribution is 0.608. The van der Waals surface area contributed by atoms with Gasteiger partial charge in [-0.05, 0) is 44.9 Å². The lowest BCUT2D eigenvalue weighted by Crippen LogP contribution is -2.20. The van der Waals surface area contributed by atoms with E-state index in [1.807, 2.05) is 12.4 Å². The minimum absolute atomic E-state index is 0.289. The van der Waals surface area contributed by atoms with Gasteiger partial charge in [-0.1, -0.05) is 24.6 Å². The third kappa shape index (κ3) is 4.15. The van der Waals surface area contributed by atoms with Gasteiger partial charge in [0.15, 0.2) is 0 Å². The second-order valence-corrected chi connectivity index (χ2v) is 4.47. The van der Waals surface area contributed by atoms with Crippen LogP contribution in [0.4, 0.5) is 0 Å². The molecule has 1 unspecified atom stereocenters. The van der Waals surface area contributed by atoms with Crippen molar-refractivity contribution < 1.29 is 0 Å². The molecule has 1 aromatic rings. The molecule has 1 heterocycles. The maximum atomic E-state index is 4.25. The highest BCUT2D eigenvalue weighted by molar-refractivity contribution is 5.24. The summed E-state index contributed by atoms with van der Waals surface area (Å²) in [6.45, 7) is 9.55. The quantitative estimate of drug-likeness (QED) is 0.766. The van der Waals surface area contributed by atoms with E-state index in [1.165, 1.54) is 16.7 Å². The van der Waals surface area contributed by atoms with Gasteiger partial charge in [-0.2, -0.15) is 0 Å². The monoisotopic (exact) mass is 218 g/mol. The molecule has 0 aliphatic carbocycles. The highest BCUT2D eigenvalue weighted by Crippen LogP contribution is 2.16. The van der Waals surface area contributed by atoms with Crippen LogP contribution >= 0.6 is 0 Å². The fourth-order valence-electron chi connectivity index (χ4n) is 1.65. The van der Waals surface area contributed by atoms with Crippen LogP contribution < -0.4 is 5.32 Å². The van der Waals surface area contributed by atoms with Gasteiger partial charge in [0, 0.05) is 12.4 Å². The zero-order valence-corrected chi connectivity index (χ0v) is 10.7. The lowest BCUT2D eigenvalue weighted by atomic mass is 10.1. The third-order valence-corrected chi connectivity index (χ3v) is 2.37. The molecule has 1 atom stereocenters. The number of aryl methyl sites for hydroxylation is 1. The predicted octanol–water partition coefficient (Wildman–Crippen LogP) is 3.40. The summed E-state index contributed by atoms with van der Waals surface area (Å²) >= 11 is 0. The fraction of sp³-hybridized carbons (Fsp3) is 0.500. The normalized spacial score (nSPS) is 12.2. The molecule has 0 aromatic carbocycles. The molecule has 0 saturated heterocycles. The number of rotatable bonds is 5. The number of aromatic nitrogens is 1. The second-order valence-electron chi connectivity index (χ2n) is 4.47. The number of pyridine rings is 1. The van der Waals surface area contributed by atoms with Crippen LogP contribution in [0.5, 0.6) is 0 Å². The Kier molecular flexibility index (Phi) is 5.20. The van der Waals surface area contributed by atoms with Crippen LogP contribution in [0.1, 0.15) is 44.4 Å². The molecule has 0 amide bonds. The van der Waals surface area contributed by atoms with Crippen molar-refractivity contribution in [1.82, 2.24) is 10.3 Å². The molecule has 0 radical (unpaired) electrons. The summed E-state index contributed by atoms with van der Waals surface area (Å²) in [7, 11) is 0. The van der Waals surface area contributed by atoms with E-state index in [9.17, 15) is 0 Å². The average molecular weight is 218 g/mol. The molecular weight excluding hydrogens is 196 g/mol. The van der Waals surface area contributed by atoms with Crippen LogP contribution in [-0.2, 0) is 0 Å². The smallest absolute Gasteiger partial charge is 0.0524 e. The van der Waals surface area contributed by atoms with E-state index in [-0.39, 0.29) is 6.04 Å². The van der Waals surface area contributed by atoms with Crippen molar-refractivity contribution >= 4 is 0 Å². The Morgan fingerprint density at radius 1 is 1.44 bits per heavy atom. The first-order valence-corrected chi connectivity index (χ1v) is 5.93. The first-order chi connectivity index (χ1) is 7.63. The minimum Gasteiger partial charge on any atom is -0.307 e. The lowest BCUT2D eigenvalue weighted by Gasteiger charge is -2.16. The van der Waals surface area contributed by atoms with Crippen molar-refractivity contribution in [2.24, 2.45) is 0 Å². The summed E-state index contributed by atoms with van der Waals surface area (Å²) in [6.07, 6.45) is 7.24. The highest BCUT2D eigenvalue weighted by atomic mass is 14.9. The Balaban J connectivity index is 2.87. The first kappa shape index (κ1) is 12.9. The summed E-state index contributed by atoms with van der Waals surface area (Å²) in [6, 6.07) is 2.48. The van der Waals surface area contributed by atoms with E-state index in [2.05, 4.69) is 50.1 Å². The van der Waals surface area contributed by atoms with Gasteiger partial charge in [0.25, 0.3) is 0 Å². The summed E-state index contributed by atoms with van der Waals surface area (Å²) in [4.78, 5) is 4.25. The van der Waals surface area contributed by atoms with Crippen molar-refractivity contribution in [3.05, 3.63) is 41.2 Å². The van der Waals surface area contributed by atoms with Gasteiger partial charge in [-0.3, -0.25) is 4.98 Å². The van der Waals surface area contributed by atoms with Crippen LogP contribution in [0.15, 0.2) is 30.1 Å². The van der Waals surface area contributed by atoms with Gasteiger partial charge in [-0.25, -0.2) is 0 Å². The number of nitrogens with one attached hydrogen (secondary N) is 1. The number of hydrogen-bond acceptors (Lipinski definition) is 2. The Bertz CT molecular complexity index is 352. The summed E-state index contributed by atoms with van der Waals surface area (Å²) in [5.74, 6) is 0. The van der Waals surface area contributed by atoms with E-state index >= 15 is 0 Å². The van der Waals surface area contributed by atoms with Crippen molar-refractivity contribution in [2.75, 3.05) is 6.54 Å². The summed E-state index contributed by atoms with van der Waals surface area (Å²) in [5, 5.41) is 3.53. The van der Waals surface area contributed by atoms with Crippen LogP contribution in [0.2, 0.25) is 0 Å². The van der Waals surface area contributed by atoms with Crippen LogP contribution in [0, 0.1) is 6.92 Å². The molecule has 1 rings (SSSR count). The SMILES string of the molecule is CCCNC(C=C(C)C)c1cncc(C)c1. The van der Waals surface area contributed by atoms with Crippen LogP contribution in [0.3, 0.4) is 0 Å². The molecule has 2 heteroatoms. The van der Waals surface area contributed by atoms with Crippen molar-refractivity contribution in [3.63, 3.8) is 0 Å². The molecule has 0 fully saturated rings. The van der Waals surface area contributed by atoms with Crippen molar-refractivity contribution in [3.8, 4) is 0 Å². The van der Waals surface area contributed by atoms with Crippen LogP contribution in [-0.4, -0.2) is 11.5 Å². The van der Waals surface area contributed by atoms with E-state index in [1.54, 1.807) is 0 Å². The highest BCUT2D eigenvalue weighted by Gasteiger charge is 2.07. The molecule has 1 N–H and O–H groups in total. The number of nitrogens with zero attached hydrogens (tertiary/aromatic N) is 1. The first-order valence-electron chi connectivity index (χ1n) is 5.93. The topological polar surface area (TPSA) is 24.9 Å². The molecule has 2 nitrogen and oxygen atoms in total. The summed E-state index contributed by atoms with van der Waals surface area (Å²) in [5.41, 5.74) is 3.78. The molecule has 88 valence electrons. The third-order valence-electron chi connectivity index (χ3n) is 2.37. The molecule has 0 aliphatic heterocycles. The van der Waals surface area contributed by atoms with Gasteiger partial charge in [0.05, 0.1) is 6.04 Å². The Morgan fingerprint density at radius 2 is 2.19 bits per heavy atom. The van der Waals surface area contributed by atoms with Gasteiger partial charge in [-0.15, -0.1) is 0 Å². The Labute approximate surface area is 98.8 Å². The van der Waals surface area contributed by atoms with E-state index in [0.717, 1.165) is 13.0 Å². The van der Waals surface area contributed by atoms with Gasteiger partial charge in [0.1, 0.15) is 0 Å². The summed E-state index contributed by atoms with van der Waals surface area (Å²) < 4.78 is 0. The second kappa shape index (κ2) is 6.44. The maximum absolute atomic E-state index is 4.25. The fourth-order valence-corrected chi connectivity index (χ4v) is 1.65. The Morgan fingerprint density at radius 3 is 2.75 bits per heavy atom. The molecule has 16 heavy (non-hydrogen) atoms. The van der Waals surface area contributed by atoms with Gasteiger partial charge < -0.3 is 5.32 Å². The van der Waals surface area contributed by atoms with Gasteiger partial charge in [0.2, 0.25) is 0 Å². The van der Waals surface area contributed by atoms with E-state index in [4.69, 9.17) is 0 Å². The van der Waals surface area contributed by atoms with E-state index in [0.29, 0.717) is 0 Å². The molecule has 0 bridgehead atoms. The van der Waals surface area contributed by atoms with Crippen molar-refractivity contribution in [2.45, 2.75) is 40.2 Å². The minimum atomic E-state index is 0.289. The zero-order chi connectivity index (χ0) is 12.0. The zero-order valence-electron chi connectivity index (χ0n) is 10.7.